The lowest BCUT2D eigenvalue weighted by molar-refractivity contribution is -0.112. The molecule has 30 heavy (non-hydrogen) atoms. The molecule has 1 heterocycles. The Balaban J connectivity index is 1.80. The number of hydrogen-bond donors (Lipinski definition) is 2. The maximum Gasteiger partial charge on any atom is 0.265 e. The predicted molar refractivity (Wildman–Crippen MR) is 120 cm³/mol. The van der Waals surface area contributed by atoms with Gasteiger partial charge in [0.05, 0.1) is 36.0 Å². The van der Waals surface area contributed by atoms with Crippen molar-refractivity contribution in [3.05, 3.63) is 69.3 Å². The van der Waals surface area contributed by atoms with Crippen molar-refractivity contribution in [1.29, 1.82) is 0 Å². The van der Waals surface area contributed by atoms with Crippen LogP contribution >= 0.6 is 23.4 Å². The third kappa shape index (κ3) is 5.09. The number of nitrogens with one attached hydrogen (secondary N) is 2. The van der Waals surface area contributed by atoms with E-state index in [1.54, 1.807) is 13.0 Å². The zero-order chi connectivity index (χ0) is 21.7. The maximum atomic E-state index is 12.8. The molecule has 0 fully saturated rings. The van der Waals surface area contributed by atoms with Crippen LogP contribution in [0.2, 0.25) is 5.02 Å². The molecule has 0 aliphatic carbocycles. The number of rotatable bonds is 6. The minimum Gasteiger partial charge on any atom is -0.496 e. The summed E-state index contributed by atoms with van der Waals surface area (Å²) in [6, 6.07) is 12.5. The van der Waals surface area contributed by atoms with E-state index >= 15 is 0 Å². The molecule has 1 aliphatic heterocycles. The van der Waals surface area contributed by atoms with Gasteiger partial charge in [-0.3, -0.25) is 9.59 Å². The highest BCUT2D eigenvalue weighted by Crippen LogP contribution is 2.33. The lowest BCUT2D eigenvalue weighted by Gasteiger charge is -2.19. The Morgan fingerprint density at radius 3 is 2.60 bits per heavy atom. The van der Waals surface area contributed by atoms with Crippen molar-refractivity contribution < 1.29 is 19.1 Å². The van der Waals surface area contributed by atoms with Crippen LogP contribution in [-0.2, 0) is 9.53 Å². The fourth-order valence-corrected chi connectivity index (χ4v) is 4.03. The van der Waals surface area contributed by atoms with E-state index in [1.807, 2.05) is 37.3 Å². The molecule has 0 unspecified atom stereocenters. The van der Waals surface area contributed by atoms with Crippen LogP contribution in [0.25, 0.3) is 0 Å². The van der Waals surface area contributed by atoms with Gasteiger partial charge in [0.1, 0.15) is 16.4 Å². The number of ether oxygens (including phenoxy) is 2. The van der Waals surface area contributed by atoms with Gasteiger partial charge in [0.2, 0.25) is 0 Å². The molecule has 2 N–H and O–H groups in total. The highest BCUT2D eigenvalue weighted by atomic mass is 35.5. The Labute approximate surface area is 185 Å². The van der Waals surface area contributed by atoms with Crippen LogP contribution in [0.3, 0.4) is 0 Å². The summed E-state index contributed by atoms with van der Waals surface area (Å²) < 4.78 is 10.8. The van der Waals surface area contributed by atoms with E-state index in [2.05, 4.69) is 10.6 Å². The second kappa shape index (κ2) is 9.91. The lowest BCUT2D eigenvalue weighted by Crippen LogP contribution is -2.27. The molecular formula is C22H23ClN2O4S. The second-order valence-electron chi connectivity index (χ2n) is 6.67. The van der Waals surface area contributed by atoms with Crippen LogP contribution in [0.4, 0.5) is 5.69 Å². The number of anilines is 1. The molecule has 0 saturated heterocycles. The quantitative estimate of drug-likeness (QED) is 0.668. The van der Waals surface area contributed by atoms with Gasteiger partial charge in [-0.15, -0.1) is 11.8 Å². The molecular weight excluding hydrogens is 424 g/mol. The van der Waals surface area contributed by atoms with E-state index < -0.39 is 0 Å². The first-order valence-electron chi connectivity index (χ1n) is 9.42. The van der Waals surface area contributed by atoms with Crippen molar-refractivity contribution >= 4 is 40.9 Å². The van der Waals surface area contributed by atoms with E-state index in [4.69, 9.17) is 21.1 Å². The standard InChI is InChI=1S/C22H23ClN2O4S/c1-13(15-7-5-4-6-8-15)24-21(26)16-11-17(23)18(12-19(16)28-3)25-22(27)20-14(2)29-9-10-30-20/h4-8,11-13H,9-10H2,1-3H3,(H,24,26)(H,25,27)/t13-/m0/s1. The van der Waals surface area contributed by atoms with Gasteiger partial charge in [-0.25, -0.2) is 0 Å². The SMILES string of the molecule is COc1cc(NC(=O)C2=C(C)OCCS2)c(Cl)cc1C(=O)N[C@@H](C)c1ccccc1. The minimum absolute atomic E-state index is 0.195. The van der Waals surface area contributed by atoms with Crippen molar-refractivity contribution in [2.45, 2.75) is 19.9 Å². The summed E-state index contributed by atoms with van der Waals surface area (Å²) in [5, 5.41) is 5.95. The second-order valence-corrected chi connectivity index (χ2v) is 8.19. The molecule has 0 radical (unpaired) electrons. The highest BCUT2D eigenvalue weighted by molar-refractivity contribution is 8.04. The van der Waals surface area contributed by atoms with Crippen LogP contribution in [-0.4, -0.2) is 31.3 Å². The first-order chi connectivity index (χ1) is 14.4. The van der Waals surface area contributed by atoms with Crippen LogP contribution < -0.4 is 15.4 Å². The summed E-state index contributed by atoms with van der Waals surface area (Å²) in [5.74, 6) is 0.966. The molecule has 6 nitrogen and oxygen atoms in total. The van der Waals surface area contributed by atoms with Gasteiger partial charge in [0.25, 0.3) is 11.8 Å². The summed E-state index contributed by atoms with van der Waals surface area (Å²) in [5.41, 5.74) is 1.63. The molecule has 0 aromatic heterocycles. The molecule has 1 atom stereocenters. The van der Waals surface area contributed by atoms with Crippen LogP contribution in [0.15, 0.2) is 53.1 Å². The molecule has 2 amide bonds. The average molecular weight is 447 g/mol. The van der Waals surface area contributed by atoms with Gasteiger partial charge < -0.3 is 20.1 Å². The van der Waals surface area contributed by atoms with Gasteiger partial charge >= 0.3 is 0 Å². The number of amides is 2. The van der Waals surface area contributed by atoms with Crippen molar-refractivity contribution in [1.82, 2.24) is 5.32 Å². The Morgan fingerprint density at radius 2 is 1.93 bits per heavy atom. The van der Waals surface area contributed by atoms with E-state index in [1.165, 1.54) is 24.9 Å². The zero-order valence-corrected chi connectivity index (χ0v) is 18.5. The van der Waals surface area contributed by atoms with E-state index in [0.29, 0.717) is 34.5 Å². The van der Waals surface area contributed by atoms with Crippen molar-refractivity contribution in [2.75, 3.05) is 24.8 Å². The summed E-state index contributed by atoms with van der Waals surface area (Å²) in [6.07, 6.45) is 0. The largest absolute Gasteiger partial charge is 0.496 e. The van der Waals surface area contributed by atoms with Gasteiger partial charge in [-0.05, 0) is 25.5 Å². The zero-order valence-electron chi connectivity index (χ0n) is 17.0. The van der Waals surface area contributed by atoms with Crippen LogP contribution in [0, 0.1) is 0 Å². The molecule has 2 aromatic carbocycles. The smallest absolute Gasteiger partial charge is 0.265 e. The summed E-state index contributed by atoms with van der Waals surface area (Å²) in [7, 11) is 1.46. The highest BCUT2D eigenvalue weighted by Gasteiger charge is 2.22. The molecule has 0 spiro atoms. The monoisotopic (exact) mass is 446 g/mol. The van der Waals surface area contributed by atoms with Gasteiger partial charge in [-0.2, -0.15) is 0 Å². The molecule has 0 bridgehead atoms. The van der Waals surface area contributed by atoms with E-state index in [-0.39, 0.29) is 28.4 Å². The maximum absolute atomic E-state index is 12.8. The number of carbonyl (C=O) groups is 2. The lowest BCUT2D eigenvalue weighted by atomic mass is 10.1. The molecule has 3 rings (SSSR count). The third-order valence-electron chi connectivity index (χ3n) is 4.60. The molecule has 2 aromatic rings. The first-order valence-corrected chi connectivity index (χ1v) is 10.8. The van der Waals surface area contributed by atoms with Crippen LogP contribution in [0.5, 0.6) is 5.75 Å². The summed E-state index contributed by atoms with van der Waals surface area (Å²) >= 11 is 7.80. The van der Waals surface area contributed by atoms with Crippen LogP contribution in [0.1, 0.15) is 35.8 Å². The number of thioether (sulfide) groups is 1. The Morgan fingerprint density at radius 1 is 1.20 bits per heavy atom. The Bertz CT molecular complexity index is 979. The topological polar surface area (TPSA) is 76.7 Å². The van der Waals surface area contributed by atoms with Crippen molar-refractivity contribution in [3.8, 4) is 5.75 Å². The average Bonchev–Trinajstić information content (AvgIpc) is 2.75. The molecule has 1 aliphatic rings. The van der Waals surface area contributed by atoms with E-state index in [0.717, 1.165) is 5.56 Å². The summed E-state index contributed by atoms with van der Waals surface area (Å²) in [6.45, 7) is 4.23. The molecule has 0 saturated carbocycles. The van der Waals surface area contributed by atoms with Crippen molar-refractivity contribution in [3.63, 3.8) is 0 Å². The van der Waals surface area contributed by atoms with Gasteiger partial charge in [-0.1, -0.05) is 41.9 Å². The summed E-state index contributed by atoms with van der Waals surface area (Å²) in [4.78, 5) is 25.9. The fraction of sp³-hybridized carbons (Fsp3) is 0.273. The van der Waals surface area contributed by atoms with E-state index in [9.17, 15) is 9.59 Å². The number of hydrogen-bond acceptors (Lipinski definition) is 5. The fourth-order valence-electron chi connectivity index (χ4n) is 3.01. The molecule has 8 heteroatoms. The molecule has 158 valence electrons. The number of carbonyl (C=O) groups excluding carboxylic acids is 2. The Hall–Kier alpha value is -2.64. The normalized spacial score (nSPS) is 14.5. The first kappa shape index (κ1) is 22.1. The van der Waals surface area contributed by atoms with Crippen molar-refractivity contribution in [2.24, 2.45) is 0 Å². The van der Waals surface area contributed by atoms with Gasteiger partial charge in [0.15, 0.2) is 0 Å². The number of benzene rings is 2. The number of methoxy groups -OCH3 is 1. The minimum atomic E-state index is -0.322. The predicted octanol–water partition coefficient (Wildman–Crippen LogP) is 4.77. The number of allylic oxidation sites excluding steroid dienone is 1. The van der Waals surface area contributed by atoms with Gasteiger partial charge in [0, 0.05) is 11.8 Å². The number of halogens is 1. The Kier molecular flexibility index (Phi) is 7.29. The third-order valence-corrected chi connectivity index (χ3v) is 6.05.